The SMILES string of the molecule is CCCCOCCCNS(=O)(=O)c1ccc(Cl)c(CN)c1. The van der Waals surface area contributed by atoms with Crippen molar-refractivity contribution in [1.82, 2.24) is 4.72 Å². The molecule has 0 bridgehead atoms. The molecule has 5 nitrogen and oxygen atoms in total. The van der Waals surface area contributed by atoms with Crippen LogP contribution in [0.3, 0.4) is 0 Å². The van der Waals surface area contributed by atoms with Gasteiger partial charge in [0.2, 0.25) is 10.0 Å². The maximum atomic E-state index is 12.1. The molecule has 120 valence electrons. The van der Waals surface area contributed by atoms with E-state index in [1.54, 1.807) is 6.07 Å². The molecule has 0 heterocycles. The van der Waals surface area contributed by atoms with Crippen LogP contribution < -0.4 is 10.5 Å². The molecule has 1 rings (SSSR count). The molecule has 0 fully saturated rings. The Bertz CT molecular complexity index is 535. The lowest BCUT2D eigenvalue weighted by Crippen LogP contribution is -2.25. The minimum Gasteiger partial charge on any atom is -0.381 e. The van der Waals surface area contributed by atoms with Crippen molar-refractivity contribution in [2.45, 2.75) is 37.6 Å². The van der Waals surface area contributed by atoms with Gasteiger partial charge in [0.1, 0.15) is 0 Å². The first-order valence-corrected chi connectivity index (χ1v) is 8.93. The van der Waals surface area contributed by atoms with Gasteiger partial charge in [-0.1, -0.05) is 24.9 Å². The first-order chi connectivity index (χ1) is 10.0. The molecule has 0 aliphatic rings. The van der Waals surface area contributed by atoms with E-state index in [0.717, 1.165) is 19.4 Å². The van der Waals surface area contributed by atoms with Gasteiger partial charge in [0.15, 0.2) is 0 Å². The van der Waals surface area contributed by atoms with Crippen LogP contribution in [0, 0.1) is 0 Å². The van der Waals surface area contributed by atoms with Crippen LogP contribution in [0.1, 0.15) is 31.7 Å². The topological polar surface area (TPSA) is 81.4 Å². The summed E-state index contributed by atoms with van der Waals surface area (Å²) in [5, 5.41) is 0.473. The van der Waals surface area contributed by atoms with Gasteiger partial charge in [0.25, 0.3) is 0 Å². The van der Waals surface area contributed by atoms with Crippen molar-refractivity contribution in [3.8, 4) is 0 Å². The smallest absolute Gasteiger partial charge is 0.240 e. The molecule has 0 aliphatic carbocycles. The Kier molecular flexibility index (Phi) is 8.21. The van der Waals surface area contributed by atoms with Gasteiger partial charge in [-0.15, -0.1) is 0 Å². The average Bonchev–Trinajstić information content (AvgIpc) is 2.46. The second-order valence-electron chi connectivity index (χ2n) is 4.67. The molecule has 7 heteroatoms. The summed E-state index contributed by atoms with van der Waals surface area (Å²) in [7, 11) is -3.53. The van der Waals surface area contributed by atoms with E-state index in [2.05, 4.69) is 11.6 Å². The number of unbranched alkanes of at least 4 members (excludes halogenated alkanes) is 1. The molecule has 1 aromatic carbocycles. The molecule has 0 radical (unpaired) electrons. The van der Waals surface area contributed by atoms with Crippen LogP contribution in [-0.2, 0) is 21.3 Å². The van der Waals surface area contributed by atoms with E-state index in [-0.39, 0.29) is 11.4 Å². The van der Waals surface area contributed by atoms with Gasteiger partial charge in [-0.05, 0) is 36.6 Å². The van der Waals surface area contributed by atoms with Crippen molar-refractivity contribution >= 4 is 21.6 Å². The summed E-state index contributed by atoms with van der Waals surface area (Å²) in [6.07, 6.45) is 2.76. The van der Waals surface area contributed by atoms with Gasteiger partial charge in [-0.2, -0.15) is 0 Å². The Labute approximate surface area is 131 Å². The zero-order valence-corrected chi connectivity index (χ0v) is 13.8. The van der Waals surface area contributed by atoms with Gasteiger partial charge in [-0.25, -0.2) is 13.1 Å². The summed E-state index contributed by atoms with van der Waals surface area (Å²) < 4.78 is 32.1. The fraction of sp³-hybridized carbons (Fsp3) is 0.571. The third-order valence-corrected chi connectivity index (χ3v) is 4.77. The molecule has 1 aromatic rings. The predicted molar refractivity (Wildman–Crippen MR) is 84.9 cm³/mol. The summed E-state index contributed by atoms with van der Waals surface area (Å²) in [4.78, 5) is 0.180. The lowest BCUT2D eigenvalue weighted by Gasteiger charge is -2.09. The van der Waals surface area contributed by atoms with Crippen molar-refractivity contribution < 1.29 is 13.2 Å². The molecule has 0 aliphatic heterocycles. The molecule has 0 saturated heterocycles. The Hall–Kier alpha value is -0.660. The van der Waals surface area contributed by atoms with E-state index in [1.807, 2.05) is 0 Å². The van der Waals surface area contributed by atoms with Crippen LogP contribution in [0.2, 0.25) is 5.02 Å². The van der Waals surface area contributed by atoms with E-state index in [0.29, 0.717) is 30.2 Å². The number of hydrogen-bond donors (Lipinski definition) is 2. The number of rotatable bonds is 10. The van der Waals surface area contributed by atoms with E-state index in [4.69, 9.17) is 22.1 Å². The minimum atomic E-state index is -3.53. The minimum absolute atomic E-state index is 0.180. The van der Waals surface area contributed by atoms with Gasteiger partial charge in [-0.3, -0.25) is 0 Å². The number of halogens is 1. The molecule has 21 heavy (non-hydrogen) atoms. The molecule has 0 atom stereocenters. The standard InChI is InChI=1S/C14H23ClN2O3S/c1-2-3-8-20-9-4-7-17-21(18,19)13-5-6-14(15)12(10-13)11-16/h5-6,10,17H,2-4,7-9,11,16H2,1H3. The van der Waals surface area contributed by atoms with E-state index < -0.39 is 10.0 Å². The molecule has 0 unspecified atom stereocenters. The molecule has 0 aromatic heterocycles. The molecular formula is C14H23ClN2O3S. The Balaban J connectivity index is 2.46. The van der Waals surface area contributed by atoms with Crippen LogP contribution in [-0.4, -0.2) is 28.2 Å². The van der Waals surface area contributed by atoms with E-state index in [1.165, 1.54) is 12.1 Å². The van der Waals surface area contributed by atoms with Gasteiger partial charge >= 0.3 is 0 Å². The molecule has 0 amide bonds. The average molecular weight is 335 g/mol. The van der Waals surface area contributed by atoms with E-state index >= 15 is 0 Å². The highest BCUT2D eigenvalue weighted by Gasteiger charge is 2.14. The highest BCUT2D eigenvalue weighted by atomic mass is 35.5. The van der Waals surface area contributed by atoms with Crippen LogP contribution in [0.15, 0.2) is 23.1 Å². The predicted octanol–water partition coefficient (Wildman–Crippen LogP) is 2.28. The second-order valence-corrected chi connectivity index (χ2v) is 6.85. The third-order valence-electron chi connectivity index (χ3n) is 2.95. The summed E-state index contributed by atoms with van der Waals surface area (Å²) in [6, 6.07) is 4.52. The number of ether oxygens (including phenoxy) is 1. The molecule has 3 N–H and O–H groups in total. The molecule has 0 saturated carbocycles. The maximum absolute atomic E-state index is 12.1. The lowest BCUT2D eigenvalue weighted by atomic mass is 10.2. The number of nitrogens with one attached hydrogen (secondary N) is 1. The van der Waals surface area contributed by atoms with Crippen LogP contribution in [0.5, 0.6) is 0 Å². The fourth-order valence-electron chi connectivity index (χ4n) is 1.69. The first kappa shape index (κ1) is 18.4. The van der Waals surface area contributed by atoms with Crippen molar-refractivity contribution in [2.24, 2.45) is 5.73 Å². The van der Waals surface area contributed by atoms with Gasteiger partial charge in [0.05, 0.1) is 4.90 Å². The normalized spacial score (nSPS) is 11.8. The highest BCUT2D eigenvalue weighted by Crippen LogP contribution is 2.19. The number of nitrogens with two attached hydrogens (primary N) is 1. The maximum Gasteiger partial charge on any atom is 0.240 e. The van der Waals surface area contributed by atoms with Gasteiger partial charge in [0, 0.05) is 31.3 Å². The Morgan fingerprint density at radius 2 is 2.00 bits per heavy atom. The molecular weight excluding hydrogens is 312 g/mol. The fourth-order valence-corrected chi connectivity index (χ4v) is 3.01. The monoisotopic (exact) mass is 334 g/mol. The summed E-state index contributed by atoms with van der Waals surface area (Å²) >= 11 is 5.92. The zero-order chi connectivity index (χ0) is 15.7. The summed E-state index contributed by atoms with van der Waals surface area (Å²) in [6.45, 7) is 3.92. The van der Waals surface area contributed by atoms with Crippen molar-refractivity contribution in [2.75, 3.05) is 19.8 Å². The largest absolute Gasteiger partial charge is 0.381 e. The van der Waals surface area contributed by atoms with Crippen molar-refractivity contribution in [3.63, 3.8) is 0 Å². The third kappa shape index (κ3) is 6.32. The number of hydrogen-bond acceptors (Lipinski definition) is 4. The highest BCUT2D eigenvalue weighted by molar-refractivity contribution is 7.89. The number of benzene rings is 1. The van der Waals surface area contributed by atoms with Crippen molar-refractivity contribution in [1.29, 1.82) is 0 Å². The van der Waals surface area contributed by atoms with Crippen molar-refractivity contribution in [3.05, 3.63) is 28.8 Å². The summed E-state index contributed by atoms with van der Waals surface area (Å²) in [5.41, 5.74) is 6.14. The second kappa shape index (κ2) is 9.38. The quantitative estimate of drug-likeness (QED) is 0.643. The first-order valence-electron chi connectivity index (χ1n) is 7.07. The van der Waals surface area contributed by atoms with Crippen LogP contribution in [0.25, 0.3) is 0 Å². The zero-order valence-electron chi connectivity index (χ0n) is 12.3. The lowest BCUT2D eigenvalue weighted by molar-refractivity contribution is 0.130. The van der Waals surface area contributed by atoms with Gasteiger partial charge < -0.3 is 10.5 Å². The molecule has 0 spiro atoms. The van der Waals surface area contributed by atoms with Crippen LogP contribution in [0.4, 0.5) is 0 Å². The van der Waals surface area contributed by atoms with Crippen LogP contribution >= 0.6 is 11.6 Å². The number of sulfonamides is 1. The summed E-state index contributed by atoms with van der Waals surface area (Å²) in [5.74, 6) is 0. The Morgan fingerprint density at radius 1 is 1.29 bits per heavy atom. The van der Waals surface area contributed by atoms with E-state index in [9.17, 15) is 8.42 Å². The Morgan fingerprint density at radius 3 is 2.67 bits per heavy atom.